The zero-order chi connectivity index (χ0) is 10.6. The van der Waals surface area contributed by atoms with E-state index in [1.807, 2.05) is 0 Å². The van der Waals surface area contributed by atoms with E-state index in [9.17, 15) is 4.79 Å². The molecule has 0 aromatic carbocycles. The van der Waals surface area contributed by atoms with Crippen LogP contribution in [0.5, 0.6) is 0 Å². The van der Waals surface area contributed by atoms with Gasteiger partial charge >= 0.3 is 16.4 Å². The summed E-state index contributed by atoms with van der Waals surface area (Å²) in [7, 11) is -4.67. The zero-order valence-electron chi connectivity index (χ0n) is 5.11. The van der Waals surface area contributed by atoms with Crippen molar-refractivity contribution in [2.75, 3.05) is 0 Å². The van der Waals surface area contributed by atoms with Crippen LogP contribution in [0.3, 0.4) is 0 Å². The highest BCUT2D eigenvalue weighted by Gasteiger charge is 2.29. The van der Waals surface area contributed by atoms with Crippen LogP contribution in [0.1, 0.15) is 0 Å². The minimum atomic E-state index is -4.67. The maximum atomic E-state index is 9.62. The minimum absolute atomic E-state index is 1.46. The SMILES string of the molecule is O=C(O)C(Cl)(Cl)Cl.O=S(=O)(O)O. The third-order valence-corrected chi connectivity index (χ3v) is 0.728. The van der Waals surface area contributed by atoms with Gasteiger partial charge in [-0.25, -0.2) is 4.79 Å². The summed E-state index contributed by atoms with van der Waals surface area (Å²) in [5.74, 6) is -1.46. The largest absolute Gasteiger partial charge is 0.478 e. The summed E-state index contributed by atoms with van der Waals surface area (Å²) in [5, 5.41) is 7.85. The second-order valence-corrected chi connectivity index (χ2v) is 4.43. The fourth-order valence-electron chi connectivity index (χ4n) is 0. The van der Waals surface area contributed by atoms with E-state index in [2.05, 4.69) is 0 Å². The number of carboxylic acid groups (broad SMARTS) is 1. The Morgan fingerprint density at radius 3 is 1.25 bits per heavy atom. The van der Waals surface area contributed by atoms with Crippen LogP contribution in [0.15, 0.2) is 0 Å². The van der Waals surface area contributed by atoms with Crippen LogP contribution in [-0.2, 0) is 15.2 Å². The Morgan fingerprint density at radius 1 is 1.17 bits per heavy atom. The van der Waals surface area contributed by atoms with Gasteiger partial charge in [-0.15, -0.1) is 0 Å². The molecule has 6 nitrogen and oxygen atoms in total. The molecule has 0 spiro atoms. The second kappa shape index (κ2) is 5.05. The van der Waals surface area contributed by atoms with Gasteiger partial charge in [0.2, 0.25) is 0 Å². The van der Waals surface area contributed by atoms with E-state index < -0.39 is 20.2 Å². The standard InChI is InChI=1S/C2HCl3O2.H2O4S/c3-2(4,5)1(6)7;1-5(2,3)4/h(H,6,7);(H2,1,2,3,4). The van der Waals surface area contributed by atoms with Gasteiger partial charge in [-0.2, -0.15) is 8.42 Å². The van der Waals surface area contributed by atoms with Crippen molar-refractivity contribution in [1.82, 2.24) is 0 Å². The van der Waals surface area contributed by atoms with Gasteiger partial charge in [0.15, 0.2) is 0 Å². The van der Waals surface area contributed by atoms with E-state index in [-0.39, 0.29) is 0 Å². The van der Waals surface area contributed by atoms with Crippen molar-refractivity contribution in [3.8, 4) is 0 Å². The molecule has 0 aromatic heterocycles. The third-order valence-electron chi connectivity index (χ3n) is 0.243. The maximum Gasteiger partial charge on any atom is 0.394 e. The molecule has 0 aliphatic heterocycles. The minimum Gasteiger partial charge on any atom is -0.478 e. The first kappa shape index (κ1) is 14.7. The first-order valence-electron chi connectivity index (χ1n) is 1.94. The van der Waals surface area contributed by atoms with E-state index >= 15 is 0 Å². The van der Waals surface area contributed by atoms with E-state index in [1.54, 1.807) is 0 Å². The number of alkyl halides is 3. The normalized spacial score (nSPS) is 11.4. The van der Waals surface area contributed by atoms with Crippen LogP contribution < -0.4 is 0 Å². The first-order chi connectivity index (χ1) is 4.94. The Kier molecular flexibility index (Phi) is 6.20. The number of carbonyl (C=O) groups is 1. The Hall–Kier alpha value is 0.210. The number of hydrogen-bond donors (Lipinski definition) is 3. The van der Waals surface area contributed by atoms with Crippen molar-refractivity contribution in [1.29, 1.82) is 0 Å². The lowest BCUT2D eigenvalue weighted by atomic mass is 10.8. The fraction of sp³-hybridized carbons (Fsp3) is 0.500. The van der Waals surface area contributed by atoms with Gasteiger partial charge in [0.25, 0.3) is 3.79 Å². The molecule has 0 amide bonds. The molecule has 0 bridgehead atoms. The van der Waals surface area contributed by atoms with E-state index in [0.717, 1.165) is 0 Å². The summed E-state index contributed by atoms with van der Waals surface area (Å²) in [5.41, 5.74) is 0. The average Bonchev–Trinajstić information content (AvgIpc) is 1.55. The van der Waals surface area contributed by atoms with E-state index in [0.29, 0.717) is 0 Å². The summed E-state index contributed by atoms with van der Waals surface area (Å²) in [4.78, 5) is 9.62. The van der Waals surface area contributed by atoms with Crippen LogP contribution in [0, 0.1) is 0 Å². The highest BCUT2D eigenvalue weighted by molar-refractivity contribution is 7.79. The quantitative estimate of drug-likeness (QED) is 0.439. The summed E-state index contributed by atoms with van der Waals surface area (Å²) < 4.78 is 29.4. The van der Waals surface area contributed by atoms with Crippen molar-refractivity contribution in [2.45, 2.75) is 3.79 Å². The predicted octanol–water partition coefficient (Wildman–Crippen LogP) is 0.788. The smallest absolute Gasteiger partial charge is 0.394 e. The van der Waals surface area contributed by atoms with Gasteiger partial charge in [-0.05, 0) is 0 Å². The number of rotatable bonds is 0. The second-order valence-electron chi connectivity index (χ2n) is 1.25. The van der Waals surface area contributed by atoms with Crippen LogP contribution in [0.25, 0.3) is 0 Å². The van der Waals surface area contributed by atoms with Crippen molar-refractivity contribution < 1.29 is 27.4 Å². The molecule has 0 aliphatic rings. The lowest BCUT2D eigenvalue weighted by Crippen LogP contribution is -2.16. The Bertz CT molecular complexity index is 230. The van der Waals surface area contributed by atoms with Crippen LogP contribution in [0.2, 0.25) is 0 Å². The molecule has 0 rings (SSSR count). The molecule has 0 fully saturated rings. The van der Waals surface area contributed by atoms with E-state index in [4.69, 9.17) is 57.4 Å². The Morgan fingerprint density at radius 2 is 1.25 bits per heavy atom. The van der Waals surface area contributed by atoms with Gasteiger partial charge in [0, 0.05) is 0 Å². The molecule has 0 atom stereocenters. The van der Waals surface area contributed by atoms with Gasteiger partial charge in [-0.1, -0.05) is 34.8 Å². The third kappa shape index (κ3) is 22.5. The highest BCUT2D eigenvalue weighted by atomic mass is 35.6. The van der Waals surface area contributed by atoms with Gasteiger partial charge in [0.1, 0.15) is 0 Å². The fourth-order valence-corrected chi connectivity index (χ4v) is 0. The maximum absolute atomic E-state index is 9.62. The molecule has 0 radical (unpaired) electrons. The highest BCUT2D eigenvalue weighted by Crippen LogP contribution is 2.25. The summed E-state index contributed by atoms with van der Waals surface area (Å²) in [6.45, 7) is 0. The molecular weight excluding hydrogens is 258 g/mol. The zero-order valence-corrected chi connectivity index (χ0v) is 8.19. The van der Waals surface area contributed by atoms with Gasteiger partial charge in [0.05, 0.1) is 0 Å². The Balaban J connectivity index is 0. The molecular formula is C2H3Cl3O6S. The molecule has 0 saturated heterocycles. The molecule has 0 heterocycles. The predicted molar refractivity (Wildman–Crippen MR) is 42.1 cm³/mol. The van der Waals surface area contributed by atoms with E-state index in [1.165, 1.54) is 0 Å². The van der Waals surface area contributed by atoms with Crippen molar-refractivity contribution in [2.24, 2.45) is 0 Å². The molecule has 12 heavy (non-hydrogen) atoms. The molecule has 3 N–H and O–H groups in total. The molecule has 0 aliphatic carbocycles. The number of hydrogen-bond acceptors (Lipinski definition) is 3. The Labute approximate surface area is 82.6 Å². The number of aliphatic carboxylic acids is 1. The molecule has 74 valence electrons. The van der Waals surface area contributed by atoms with Crippen molar-refractivity contribution in [3.05, 3.63) is 0 Å². The van der Waals surface area contributed by atoms with Gasteiger partial charge < -0.3 is 5.11 Å². The average molecular weight is 261 g/mol. The van der Waals surface area contributed by atoms with Crippen LogP contribution in [-0.4, -0.2) is 32.4 Å². The summed E-state index contributed by atoms with van der Waals surface area (Å²) >= 11 is 14.4. The molecule has 0 saturated carbocycles. The monoisotopic (exact) mass is 260 g/mol. The molecule has 0 aromatic rings. The van der Waals surface area contributed by atoms with Crippen LogP contribution in [0.4, 0.5) is 0 Å². The molecule has 10 heteroatoms. The van der Waals surface area contributed by atoms with Gasteiger partial charge in [-0.3, -0.25) is 9.11 Å². The lowest BCUT2D eigenvalue weighted by Gasteiger charge is -1.99. The topological polar surface area (TPSA) is 112 Å². The number of carboxylic acids is 1. The van der Waals surface area contributed by atoms with Crippen LogP contribution >= 0.6 is 34.8 Å². The van der Waals surface area contributed by atoms with Crippen molar-refractivity contribution in [3.63, 3.8) is 0 Å². The van der Waals surface area contributed by atoms with Crippen molar-refractivity contribution >= 4 is 51.2 Å². The summed E-state index contributed by atoms with van der Waals surface area (Å²) in [6, 6.07) is 0. The summed E-state index contributed by atoms with van der Waals surface area (Å²) in [6.07, 6.45) is 0. The lowest BCUT2D eigenvalue weighted by molar-refractivity contribution is -0.135. The number of halogens is 3. The first-order valence-corrected chi connectivity index (χ1v) is 4.47. The molecule has 0 unspecified atom stereocenters.